The van der Waals surface area contributed by atoms with Crippen LogP contribution in [0.5, 0.6) is 0 Å². The number of hydrogen-bond donors (Lipinski definition) is 3. The molecule has 0 aliphatic carbocycles. The fourth-order valence-corrected chi connectivity index (χ4v) is 2.95. The molecule has 1 aliphatic heterocycles. The maximum Gasteiger partial charge on any atom is 0.416 e. The van der Waals surface area contributed by atoms with Gasteiger partial charge < -0.3 is 25.3 Å². The molecule has 0 spiro atoms. The van der Waals surface area contributed by atoms with E-state index in [0.717, 1.165) is 12.1 Å². The van der Waals surface area contributed by atoms with Crippen LogP contribution >= 0.6 is 0 Å². The second-order valence-corrected chi connectivity index (χ2v) is 6.56. The molecule has 0 saturated carbocycles. The third-order valence-corrected chi connectivity index (χ3v) is 4.46. The lowest BCUT2D eigenvalue weighted by Crippen LogP contribution is -2.47. The summed E-state index contributed by atoms with van der Waals surface area (Å²) < 4.78 is 43.0. The fraction of sp³-hybridized carbons (Fsp3) is 0.316. The normalized spacial score (nSPS) is 16.4. The van der Waals surface area contributed by atoms with Crippen LogP contribution in [0.15, 0.2) is 47.1 Å². The lowest BCUT2D eigenvalue weighted by atomic mass is 10.2. The highest BCUT2D eigenvalue weighted by Gasteiger charge is 2.35. The Morgan fingerprint density at radius 3 is 2.50 bits per heavy atom. The molecule has 8 nitrogen and oxygen atoms in total. The number of furan rings is 1. The number of carbonyl (C=O) groups is 3. The molecule has 2 heterocycles. The summed E-state index contributed by atoms with van der Waals surface area (Å²) in [5.41, 5.74) is -0.487. The first-order valence-electron chi connectivity index (χ1n) is 9.06. The highest BCUT2D eigenvalue weighted by Crippen LogP contribution is 2.31. The number of amides is 4. The van der Waals surface area contributed by atoms with Crippen molar-refractivity contribution in [1.82, 2.24) is 16.0 Å². The first-order valence-corrected chi connectivity index (χ1v) is 9.06. The smallest absolute Gasteiger partial charge is 0.416 e. The van der Waals surface area contributed by atoms with Crippen LogP contribution in [0.3, 0.4) is 0 Å². The van der Waals surface area contributed by atoms with E-state index in [9.17, 15) is 27.6 Å². The van der Waals surface area contributed by atoms with Crippen molar-refractivity contribution in [2.45, 2.75) is 25.2 Å². The molecule has 0 radical (unpaired) electrons. The second kappa shape index (κ2) is 8.89. The van der Waals surface area contributed by atoms with E-state index in [1.807, 2.05) is 0 Å². The SMILES string of the molecule is O=C(CNC(=O)NCc1ccco1)NC1CCN(c2ccc(C(F)(F)F)cc2)C1=O. The molecule has 3 rings (SSSR count). The molecule has 30 heavy (non-hydrogen) atoms. The zero-order valence-corrected chi connectivity index (χ0v) is 15.7. The summed E-state index contributed by atoms with van der Waals surface area (Å²) in [7, 11) is 0. The fourth-order valence-electron chi connectivity index (χ4n) is 2.95. The highest BCUT2D eigenvalue weighted by molar-refractivity contribution is 6.01. The lowest BCUT2D eigenvalue weighted by Gasteiger charge is -2.18. The minimum absolute atomic E-state index is 0.156. The van der Waals surface area contributed by atoms with Gasteiger partial charge in [0.15, 0.2) is 0 Å². The minimum atomic E-state index is -4.46. The number of urea groups is 1. The van der Waals surface area contributed by atoms with Crippen molar-refractivity contribution in [2.24, 2.45) is 0 Å². The second-order valence-electron chi connectivity index (χ2n) is 6.56. The standard InChI is InChI=1S/C19H19F3N4O4/c20-19(21,22)12-3-5-13(6-4-12)26-8-7-15(17(26)28)25-16(27)11-24-18(29)23-10-14-2-1-9-30-14/h1-6,9,15H,7-8,10-11H2,(H,25,27)(H2,23,24,29). The van der Waals surface area contributed by atoms with Gasteiger partial charge in [-0.05, 0) is 42.8 Å². The molecule has 1 unspecified atom stereocenters. The summed E-state index contributed by atoms with van der Waals surface area (Å²) in [6.07, 6.45) is -2.69. The quantitative estimate of drug-likeness (QED) is 0.660. The number of rotatable bonds is 6. The van der Waals surface area contributed by atoms with E-state index in [4.69, 9.17) is 4.42 Å². The van der Waals surface area contributed by atoms with Crippen LogP contribution in [0.2, 0.25) is 0 Å². The van der Waals surface area contributed by atoms with Gasteiger partial charge in [0.05, 0.1) is 24.9 Å². The molecule has 1 aromatic heterocycles. The van der Waals surface area contributed by atoms with Gasteiger partial charge >= 0.3 is 12.2 Å². The monoisotopic (exact) mass is 424 g/mol. The van der Waals surface area contributed by atoms with Crippen molar-refractivity contribution < 1.29 is 32.0 Å². The van der Waals surface area contributed by atoms with E-state index >= 15 is 0 Å². The molecule has 2 aromatic rings. The summed E-state index contributed by atoms with van der Waals surface area (Å²) in [5, 5.41) is 7.39. The molecular formula is C19H19F3N4O4. The number of alkyl halides is 3. The topological polar surface area (TPSA) is 104 Å². The Morgan fingerprint density at radius 1 is 1.13 bits per heavy atom. The Kier molecular flexibility index (Phi) is 6.28. The molecule has 1 saturated heterocycles. The van der Waals surface area contributed by atoms with Gasteiger partial charge in [-0.15, -0.1) is 0 Å². The number of nitrogens with zero attached hydrogens (tertiary/aromatic N) is 1. The maximum atomic E-state index is 12.7. The van der Waals surface area contributed by atoms with Gasteiger partial charge in [0.25, 0.3) is 0 Å². The minimum Gasteiger partial charge on any atom is -0.467 e. The Balaban J connectivity index is 1.45. The van der Waals surface area contributed by atoms with Crippen LogP contribution < -0.4 is 20.9 Å². The number of benzene rings is 1. The summed E-state index contributed by atoms with van der Waals surface area (Å²) in [5.74, 6) is -0.435. The van der Waals surface area contributed by atoms with E-state index in [1.54, 1.807) is 12.1 Å². The molecule has 3 N–H and O–H groups in total. The molecule has 1 aliphatic rings. The number of halogens is 3. The first-order chi connectivity index (χ1) is 14.2. The van der Waals surface area contributed by atoms with Crippen LogP contribution in [0.1, 0.15) is 17.7 Å². The van der Waals surface area contributed by atoms with Crippen LogP contribution in [-0.4, -0.2) is 37.0 Å². The van der Waals surface area contributed by atoms with Gasteiger partial charge in [0.2, 0.25) is 11.8 Å². The predicted molar refractivity (Wildman–Crippen MR) is 99.3 cm³/mol. The van der Waals surface area contributed by atoms with E-state index in [2.05, 4.69) is 16.0 Å². The molecule has 4 amide bonds. The molecular weight excluding hydrogens is 405 g/mol. The van der Waals surface area contributed by atoms with E-state index < -0.39 is 35.6 Å². The van der Waals surface area contributed by atoms with Gasteiger partial charge in [-0.3, -0.25) is 9.59 Å². The third kappa shape index (κ3) is 5.31. The van der Waals surface area contributed by atoms with Crippen LogP contribution in [0.4, 0.5) is 23.7 Å². The Bertz CT molecular complexity index is 898. The van der Waals surface area contributed by atoms with Gasteiger partial charge in [-0.1, -0.05) is 0 Å². The average Bonchev–Trinajstić information content (AvgIpc) is 3.35. The summed E-state index contributed by atoms with van der Waals surface area (Å²) in [6, 6.07) is 6.21. The van der Waals surface area contributed by atoms with E-state index in [1.165, 1.54) is 23.3 Å². The largest absolute Gasteiger partial charge is 0.467 e. The van der Waals surface area contributed by atoms with Crippen molar-refractivity contribution in [3.05, 3.63) is 54.0 Å². The summed E-state index contributed by atoms with van der Waals surface area (Å²) in [4.78, 5) is 37.5. The van der Waals surface area contributed by atoms with Crippen molar-refractivity contribution in [1.29, 1.82) is 0 Å². The van der Waals surface area contributed by atoms with E-state index in [0.29, 0.717) is 17.9 Å². The summed E-state index contributed by atoms with van der Waals surface area (Å²) >= 11 is 0. The van der Waals surface area contributed by atoms with Gasteiger partial charge in [0.1, 0.15) is 11.8 Å². The zero-order valence-electron chi connectivity index (χ0n) is 15.7. The van der Waals surface area contributed by atoms with Crippen LogP contribution in [0.25, 0.3) is 0 Å². The van der Waals surface area contributed by atoms with Crippen molar-refractivity contribution in [3.8, 4) is 0 Å². The van der Waals surface area contributed by atoms with Crippen LogP contribution in [0, 0.1) is 0 Å². The molecule has 1 aromatic carbocycles. The molecule has 0 bridgehead atoms. The number of anilines is 1. The Labute approximate surface area is 169 Å². The van der Waals surface area contributed by atoms with Crippen molar-refractivity contribution >= 4 is 23.5 Å². The van der Waals surface area contributed by atoms with Crippen LogP contribution in [-0.2, 0) is 22.3 Å². The average molecular weight is 424 g/mol. The van der Waals surface area contributed by atoms with Crippen molar-refractivity contribution in [3.63, 3.8) is 0 Å². The predicted octanol–water partition coefficient (Wildman–Crippen LogP) is 2.02. The number of hydrogen-bond acceptors (Lipinski definition) is 4. The highest BCUT2D eigenvalue weighted by atomic mass is 19.4. The molecule has 11 heteroatoms. The molecule has 1 atom stereocenters. The Morgan fingerprint density at radius 2 is 1.87 bits per heavy atom. The molecule has 160 valence electrons. The Hall–Kier alpha value is -3.50. The maximum absolute atomic E-state index is 12.7. The lowest BCUT2D eigenvalue weighted by molar-refractivity contribution is -0.137. The third-order valence-electron chi connectivity index (χ3n) is 4.46. The van der Waals surface area contributed by atoms with Gasteiger partial charge in [-0.25, -0.2) is 4.79 Å². The summed E-state index contributed by atoms with van der Waals surface area (Å²) in [6.45, 7) is 0.0733. The van der Waals surface area contributed by atoms with Gasteiger partial charge in [0, 0.05) is 12.2 Å². The zero-order chi connectivity index (χ0) is 21.7. The first kappa shape index (κ1) is 21.2. The molecule has 1 fully saturated rings. The van der Waals surface area contributed by atoms with Gasteiger partial charge in [-0.2, -0.15) is 13.2 Å². The number of nitrogens with one attached hydrogen (secondary N) is 3. The van der Waals surface area contributed by atoms with E-state index in [-0.39, 0.29) is 19.6 Å². The number of carbonyl (C=O) groups excluding carboxylic acids is 3. The van der Waals surface area contributed by atoms with Crippen molar-refractivity contribution in [2.75, 3.05) is 18.0 Å².